The van der Waals surface area contributed by atoms with E-state index in [0.29, 0.717) is 0 Å². The maximum Gasteiger partial charge on any atom is 0 e. The van der Waals surface area contributed by atoms with Gasteiger partial charge in [0.1, 0.15) is 0 Å². The van der Waals surface area contributed by atoms with Crippen molar-refractivity contribution in [3.05, 3.63) is 6.15 Å². The fourth-order valence-electron chi connectivity index (χ4n) is 0. The Labute approximate surface area is 46.9 Å². The molecule has 5 heteroatoms. The van der Waals surface area contributed by atoms with Gasteiger partial charge in [0.2, 0.25) is 0 Å². The molecule has 41 valence electrons. The third-order valence-electron chi connectivity index (χ3n) is 0. The van der Waals surface area contributed by atoms with Crippen molar-refractivity contribution >= 4 is 12.4 Å². The monoisotopic (exact) mass is 147 g/mol. The minimum absolute atomic E-state index is 0. The third-order valence-corrected chi connectivity index (χ3v) is 0. The number of hydrogen-bond acceptors (Lipinski definition) is 0. The summed E-state index contributed by atoms with van der Waals surface area (Å²) in [4.78, 5) is 0. The summed E-state index contributed by atoms with van der Waals surface area (Å²) >= 11 is 0. The van der Waals surface area contributed by atoms with Gasteiger partial charge in [-0.25, -0.2) is 0 Å². The second kappa shape index (κ2) is 138. The third kappa shape index (κ3) is 73.2. The fourth-order valence-corrected chi connectivity index (χ4v) is 0. The summed E-state index contributed by atoms with van der Waals surface area (Å²) in [6.07, 6.45) is 0. The molecule has 0 aromatic rings. The van der Waals surface area contributed by atoms with E-state index in [-0.39, 0.29) is 46.3 Å². The normalized spacial score (nSPS) is 0. The van der Waals surface area contributed by atoms with Crippen LogP contribution in [0, 0.1) is 0 Å². The second-order valence-corrected chi connectivity index (χ2v) is 0. The van der Waals surface area contributed by atoms with E-state index < -0.39 is 0 Å². The Bertz CT molecular complexity index is 9.61. The molecule has 6 N–H and O–H groups in total. The van der Waals surface area contributed by atoms with Crippen LogP contribution in [-0.2, 0) is 16.8 Å². The van der Waals surface area contributed by atoms with E-state index in [2.05, 4.69) is 0 Å². The quantitative estimate of drug-likeness (QED) is 0.441. The summed E-state index contributed by atoms with van der Waals surface area (Å²) in [6.45, 7) is 0. The molecule has 0 saturated heterocycles. The molecule has 1 radical (unpaired) electrons. The van der Waals surface area contributed by atoms with Crippen LogP contribution in [0.4, 0.5) is 0 Å². The maximum atomic E-state index is 0. The van der Waals surface area contributed by atoms with Crippen molar-refractivity contribution in [3.8, 4) is 0 Å². The Kier molecular flexibility index (Phi) is 7490. The first kappa shape index (κ1) is 271. The average Bonchev–Trinajstić information content (AvgIpc) is 0. The van der Waals surface area contributed by atoms with Gasteiger partial charge in [0.15, 0.2) is 0 Å². The predicted molar refractivity (Wildman–Crippen MR) is 19.8 cm³/mol. The van der Waals surface area contributed by atoms with Gasteiger partial charge in [-0.3, -0.25) is 0 Å². The van der Waals surface area contributed by atoms with Crippen molar-refractivity contribution in [2.75, 3.05) is 0 Å². The summed E-state index contributed by atoms with van der Waals surface area (Å²) in [5, 5.41) is 0. The van der Waals surface area contributed by atoms with Crippen molar-refractivity contribution in [2.24, 2.45) is 0 Å². The van der Waals surface area contributed by atoms with Crippen LogP contribution in [0.2, 0.25) is 0 Å². The van der Waals surface area contributed by atoms with E-state index in [1.807, 2.05) is 0 Å². The molecule has 5 heavy (non-hydrogen) atoms. The van der Waals surface area contributed by atoms with Gasteiger partial charge >= 0.3 is 0 Å². The largest absolute Gasteiger partial charge is 0.693 e. The summed E-state index contributed by atoms with van der Waals surface area (Å²) in [6, 6.07) is 0. The van der Waals surface area contributed by atoms with Crippen LogP contribution in [0.25, 0.3) is 6.15 Å². The Balaban J connectivity index is 0. The first-order chi connectivity index (χ1) is 0. The van der Waals surface area contributed by atoms with Gasteiger partial charge < -0.3 is 17.1 Å². The van der Waals surface area contributed by atoms with Gasteiger partial charge in [-0.1, -0.05) is 0 Å². The molecule has 0 aliphatic carbocycles. The molecule has 0 unspecified atom stereocenters. The van der Waals surface area contributed by atoms with Crippen molar-refractivity contribution < 1.29 is 27.7 Å². The summed E-state index contributed by atoms with van der Waals surface area (Å²) in [7, 11) is 0. The number of nitrogens with two attached hydrogens (primary N) is 1. The Hall–Kier alpha value is 0.676. The fraction of sp³-hybridized carbons (Fsp3) is 0. The molecular weight excluding hydrogens is 140 g/mol. The van der Waals surface area contributed by atoms with Crippen molar-refractivity contribution in [2.45, 2.75) is 0 Å². The Morgan fingerprint density at radius 3 is 0.800 bits per heavy atom. The summed E-state index contributed by atoms with van der Waals surface area (Å²) in [5.41, 5.74) is 0. The Morgan fingerprint density at radius 1 is 0.800 bits per heavy atom. The molecule has 0 aromatic heterocycles. The van der Waals surface area contributed by atoms with Crippen LogP contribution in [-0.4, -0.2) is 11.0 Å². The molecule has 0 heterocycles. The van der Waals surface area contributed by atoms with Crippen LogP contribution < -0.4 is 0 Å². The van der Waals surface area contributed by atoms with Crippen LogP contribution in [0.5, 0.6) is 0 Å². The molecule has 0 spiro atoms. The van der Waals surface area contributed by atoms with Crippen LogP contribution in [0.3, 0.4) is 0 Å². The van der Waals surface area contributed by atoms with Crippen molar-refractivity contribution in [1.82, 2.24) is 0 Å². The van der Waals surface area contributed by atoms with E-state index in [0.717, 1.165) is 0 Å². The van der Waals surface area contributed by atoms with E-state index in [4.69, 9.17) is 0 Å². The van der Waals surface area contributed by atoms with E-state index >= 15 is 0 Å². The molecule has 0 rings (SSSR count). The molecule has 0 atom stereocenters. The van der Waals surface area contributed by atoms with Crippen LogP contribution in [0.1, 0.15) is 0 Å². The molecule has 0 amide bonds. The zero-order valence-corrected chi connectivity index (χ0v) is 4.18. The Morgan fingerprint density at radius 2 is 0.800 bits per heavy atom. The zero-order chi connectivity index (χ0) is 0. The first-order valence-corrected chi connectivity index (χ1v) is 0. The standard InChI is InChI=1S/ClH.Co.H2N.2H2O/h1H;;3*1H2/q;;-1;;. The van der Waals surface area contributed by atoms with E-state index in [1.165, 1.54) is 0 Å². The SMILES string of the molecule is Cl.O.O.[Co].[NH2-]. The van der Waals surface area contributed by atoms with Crippen molar-refractivity contribution in [1.29, 1.82) is 0 Å². The molecular formula is H7ClCoNO2-. The molecule has 0 aliphatic rings. The molecule has 0 bridgehead atoms. The molecule has 3 nitrogen and oxygen atoms in total. The van der Waals surface area contributed by atoms with Gasteiger partial charge in [-0.05, 0) is 0 Å². The van der Waals surface area contributed by atoms with E-state index in [1.54, 1.807) is 0 Å². The molecule has 0 aliphatic heterocycles. The van der Waals surface area contributed by atoms with Gasteiger partial charge in [-0.2, -0.15) is 0 Å². The smallest absolute Gasteiger partial charge is 0 e. The van der Waals surface area contributed by atoms with Gasteiger partial charge in [0, 0.05) is 16.8 Å². The predicted octanol–water partition coefficient (Wildman–Crippen LogP) is -0.513. The van der Waals surface area contributed by atoms with Gasteiger partial charge in [0.05, 0.1) is 0 Å². The number of halogens is 1. The molecule has 0 aromatic carbocycles. The number of hydrogen-bond donors (Lipinski definition) is 0. The van der Waals surface area contributed by atoms with E-state index in [9.17, 15) is 0 Å². The molecule has 0 saturated carbocycles. The second-order valence-electron chi connectivity index (χ2n) is 0. The topological polar surface area (TPSA) is 96.5 Å². The summed E-state index contributed by atoms with van der Waals surface area (Å²) in [5.74, 6) is 0. The zero-order valence-electron chi connectivity index (χ0n) is 2.32. The number of rotatable bonds is 0. The van der Waals surface area contributed by atoms with Crippen molar-refractivity contribution in [3.63, 3.8) is 0 Å². The minimum atomic E-state index is 0. The maximum absolute atomic E-state index is 0. The minimum Gasteiger partial charge on any atom is -0.693 e. The van der Waals surface area contributed by atoms with Gasteiger partial charge in [-0.15, -0.1) is 12.4 Å². The average molecular weight is 147 g/mol. The van der Waals surface area contributed by atoms with Gasteiger partial charge in [0.25, 0.3) is 0 Å². The first-order valence-electron chi connectivity index (χ1n) is 0. The van der Waals surface area contributed by atoms with Crippen LogP contribution >= 0.6 is 12.4 Å². The summed E-state index contributed by atoms with van der Waals surface area (Å²) < 4.78 is 0. The van der Waals surface area contributed by atoms with Crippen LogP contribution in [0.15, 0.2) is 0 Å². The molecule has 0 fully saturated rings.